The van der Waals surface area contributed by atoms with Gasteiger partial charge in [-0.2, -0.15) is 0 Å². The number of hydrogen-bond donors (Lipinski definition) is 1. The second kappa shape index (κ2) is 6.17. The number of aromatic nitrogens is 3. The van der Waals surface area contributed by atoms with Crippen molar-refractivity contribution in [3.8, 4) is 17.1 Å². The Hall–Kier alpha value is -2.37. The van der Waals surface area contributed by atoms with Gasteiger partial charge in [0.15, 0.2) is 0 Å². The third kappa shape index (κ3) is 2.95. The highest BCUT2D eigenvalue weighted by Gasteiger charge is 2.19. The smallest absolute Gasteiger partial charge is 0.252 e. The SMILES string of the molecule is COc1ncccc1-c1cc(=O)[nH]c(N2CCC[C@@H](C)C2)n1. The van der Waals surface area contributed by atoms with Gasteiger partial charge in [-0.05, 0) is 30.9 Å². The van der Waals surface area contributed by atoms with Crippen LogP contribution in [-0.4, -0.2) is 35.2 Å². The molecule has 0 aliphatic carbocycles. The lowest BCUT2D eigenvalue weighted by Crippen LogP contribution is -2.36. The average Bonchev–Trinajstić information content (AvgIpc) is 2.54. The van der Waals surface area contributed by atoms with Crippen LogP contribution in [0.1, 0.15) is 19.8 Å². The van der Waals surface area contributed by atoms with Gasteiger partial charge in [-0.3, -0.25) is 9.78 Å². The highest BCUT2D eigenvalue weighted by atomic mass is 16.5. The number of piperidine rings is 1. The molecule has 0 aromatic carbocycles. The van der Waals surface area contributed by atoms with E-state index in [1.54, 1.807) is 13.3 Å². The van der Waals surface area contributed by atoms with Gasteiger partial charge in [0.1, 0.15) is 0 Å². The molecule has 0 unspecified atom stereocenters. The normalized spacial score (nSPS) is 18.3. The third-order valence-corrected chi connectivity index (χ3v) is 3.93. The van der Waals surface area contributed by atoms with Crippen LogP contribution in [0.3, 0.4) is 0 Å². The standard InChI is InChI=1S/C16H20N4O2/c1-11-5-4-8-20(10-11)16-18-13(9-14(21)19-16)12-6-3-7-17-15(12)22-2/h3,6-7,9,11H,4-5,8,10H2,1-2H3,(H,18,19,21)/t11-/m1/s1. The third-order valence-electron chi connectivity index (χ3n) is 3.93. The highest BCUT2D eigenvalue weighted by Crippen LogP contribution is 2.26. The van der Waals surface area contributed by atoms with Crippen LogP contribution >= 0.6 is 0 Å². The average molecular weight is 300 g/mol. The molecule has 0 bridgehead atoms. The van der Waals surface area contributed by atoms with E-state index in [9.17, 15) is 4.79 Å². The molecule has 6 heteroatoms. The summed E-state index contributed by atoms with van der Waals surface area (Å²) in [6, 6.07) is 5.15. The van der Waals surface area contributed by atoms with Gasteiger partial charge in [-0.1, -0.05) is 6.92 Å². The monoisotopic (exact) mass is 300 g/mol. The van der Waals surface area contributed by atoms with Crippen molar-refractivity contribution in [1.82, 2.24) is 15.0 Å². The predicted molar refractivity (Wildman–Crippen MR) is 85.3 cm³/mol. The molecule has 2 aromatic rings. The first-order valence-electron chi connectivity index (χ1n) is 7.53. The molecule has 116 valence electrons. The summed E-state index contributed by atoms with van der Waals surface area (Å²) in [4.78, 5) is 25.8. The summed E-state index contributed by atoms with van der Waals surface area (Å²) < 4.78 is 5.27. The minimum atomic E-state index is -0.163. The molecule has 6 nitrogen and oxygen atoms in total. The van der Waals surface area contributed by atoms with Crippen LogP contribution in [0, 0.1) is 5.92 Å². The molecule has 0 amide bonds. The van der Waals surface area contributed by atoms with Gasteiger partial charge in [-0.25, -0.2) is 9.97 Å². The minimum absolute atomic E-state index is 0.163. The first-order valence-corrected chi connectivity index (χ1v) is 7.53. The Morgan fingerprint density at radius 2 is 2.32 bits per heavy atom. The Bertz CT molecular complexity index is 713. The Morgan fingerprint density at radius 1 is 1.45 bits per heavy atom. The molecule has 3 rings (SSSR count). The lowest BCUT2D eigenvalue weighted by molar-refractivity contribution is 0.399. The Kier molecular flexibility index (Phi) is 4.09. The Morgan fingerprint density at radius 3 is 3.09 bits per heavy atom. The molecule has 3 heterocycles. The number of nitrogens with zero attached hydrogens (tertiary/aromatic N) is 3. The maximum absolute atomic E-state index is 12.0. The van der Waals surface area contributed by atoms with Crippen molar-refractivity contribution in [2.45, 2.75) is 19.8 Å². The van der Waals surface area contributed by atoms with Gasteiger partial charge in [0.05, 0.1) is 18.4 Å². The van der Waals surface area contributed by atoms with E-state index in [1.807, 2.05) is 12.1 Å². The number of nitrogens with one attached hydrogen (secondary N) is 1. The van der Waals surface area contributed by atoms with E-state index in [1.165, 1.54) is 12.5 Å². The Balaban J connectivity index is 2.01. The molecule has 2 aromatic heterocycles. The van der Waals surface area contributed by atoms with E-state index in [0.29, 0.717) is 23.4 Å². The summed E-state index contributed by atoms with van der Waals surface area (Å²) in [7, 11) is 1.56. The summed E-state index contributed by atoms with van der Waals surface area (Å²) in [5.41, 5.74) is 1.15. The number of hydrogen-bond acceptors (Lipinski definition) is 5. The fourth-order valence-corrected chi connectivity index (χ4v) is 2.86. The number of aromatic amines is 1. The number of anilines is 1. The number of pyridine rings is 1. The lowest BCUT2D eigenvalue weighted by atomic mass is 10.0. The molecule has 1 atom stereocenters. The van der Waals surface area contributed by atoms with Gasteiger partial charge in [0.25, 0.3) is 5.56 Å². The van der Waals surface area contributed by atoms with Crippen LogP contribution < -0.4 is 15.2 Å². The van der Waals surface area contributed by atoms with Crippen molar-refractivity contribution >= 4 is 5.95 Å². The quantitative estimate of drug-likeness (QED) is 0.939. The van der Waals surface area contributed by atoms with Crippen molar-refractivity contribution in [1.29, 1.82) is 0 Å². The van der Waals surface area contributed by atoms with Crippen LogP contribution in [0.25, 0.3) is 11.3 Å². The summed E-state index contributed by atoms with van der Waals surface area (Å²) in [6.45, 7) is 4.05. The fourth-order valence-electron chi connectivity index (χ4n) is 2.86. The van der Waals surface area contributed by atoms with Crippen molar-refractivity contribution < 1.29 is 4.74 Å². The van der Waals surface area contributed by atoms with E-state index in [4.69, 9.17) is 4.74 Å². The van der Waals surface area contributed by atoms with Crippen molar-refractivity contribution in [3.05, 3.63) is 34.7 Å². The zero-order valence-electron chi connectivity index (χ0n) is 12.9. The number of rotatable bonds is 3. The molecule has 1 N–H and O–H groups in total. The van der Waals surface area contributed by atoms with Gasteiger partial charge < -0.3 is 9.64 Å². The largest absolute Gasteiger partial charge is 0.481 e. The minimum Gasteiger partial charge on any atom is -0.481 e. The second-order valence-electron chi connectivity index (χ2n) is 5.71. The van der Waals surface area contributed by atoms with Crippen molar-refractivity contribution in [3.63, 3.8) is 0 Å². The summed E-state index contributed by atoms with van der Waals surface area (Å²) in [5, 5.41) is 0. The molecular formula is C16H20N4O2. The summed E-state index contributed by atoms with van der Waals surface area (Å²) >= 11 is 0. The first-order chi connectivity index (χ1) is 10.7. The molecule has 1 saturated heterocycles. The summed E-state index contributed by atoms with van der Waals surface area (Å²) in [5.74, 6) is 1.70. The summed E-state index contributed by atoms with van der Waals surface area (Å²) in [6.07, 6.45) is 3.99. The zero-order valence-corrected chi connectivity index (χ0v) is 12.9. The van der Waals surface area contributed by atoms with E-state index >= 15 is 0 Å². The molecule has 1 aliphatic rings. The van der Waals surface area contributed by atoms with Crippen LogP contribution in [-0.2, 0) is 0 Å². The molecule has 22 heavy (non-hydrogen) atoms. The topological polar surface area (TPSA) is 71.1 Å². The van der Waals surface area contributed by atoms with Crippen LogP contribution in [0.5, 0.6) is 5.88 Å². The number of methoxy groups -OCH3 is 1. The molecule has 0 spiro atoms. The van der Waals surface area contributed by atoms with Gasteiger partial charge in [0.2, 0.25) is 11.8 Å². The van der Waals surface area contributed by atoms with Gasteiger partial charge in [0, 0.05) is 25.4 Å². The van der Waals surface area contributed by atoms with Crippen LogP contribution in [0.4, 0.5) is 5.95 Å². The highest BCUT2D eigenvalue weighted by molar-refractivity contribution is 5.65. The predicted octanol–water partition coefficient (Wildman–Crippen LogP) is 2.08. The van der Waals surface area contributed by atoms with E-state index in [-0.39, 0.29) is 5.56 Å². The van der Waals surface area contributed by atoms with E-state index < -0.39 is 0 Å². The fraction of sp³-hybridized carbons (Fsp3) is 0.438. The van der Waals surface area contributed by atoms with Crippen molar-refractivity contribution in [2.75, 3.05) is 25.1 Å². The molecular weight excluding hydrogens is 280 g/mol. The maximum Gasteiger partial charge on any atom is 0.252 e. The molecule has 1 aliphatic heterocycles. The van der Waals surface area contributed by atoms with Crippen molar-refractivity contribution in [2.24, 2.45) is 5.92 Å². The second-order valence-corrected chi connectivity index (χ2v) is 5.71. The number of ether oxygens (including phenoxy) is 1. The zero-order chi connectivity index (χ0) is 15.5. The molecule has 0 saturated carbocycles. The number of H-pyrrole nitrogens is 1. The first kappa shape index (κ1) is 14.6. The van der Waals surface area contributed by atoms with E-state index in [2.05, 4.69) is 26.8 Å². The van der Waals surface area contributed by atoms with Gasteiger partial charge >= 0.3 is 0 Å². The Labute approximate surface area is 129 Å². The van der Waals surface area contributed by atoms with Crippen LogP contribution in [0.2, 0.25) is 0 Å². The molecule has 1 fully saturated rings. The van der Waals surface area contributed by atoms with Gasteiger partial charge in [-0.15, -0.1) is 0 Å². The van der Waals surface area contributed by atoms with Crippen LogP contribution in [0.15, 0.2) is 29.2 Å². The molecule has 0 radical (unpaired) electrons. The maximum atomic E-state index is 12.0. The lowest BCUT2D eigenvalue weighted by Gasteiger charge is -2.31. The van der Waals surface area contributed by atoms with E-state index in [0.717, 1.165) is 25.1 Å².